The van der Waals surface area contributed by atoms with Gasteiger partial charge in [-0.15, -0.1) is 13.2 Å². The first-order valence-electron chi connectivity index (χ1n) is 4.44. The Morgan fingerprint density at radius 3 is 2.53 bits per heavy atom. The summed E-state index contributed by atoms with van der Waals surface area (Å²) in [5.41, 5.74) is -0.137. The SMILES string of the molecule is O=c1ccc2c(OC(F)(F)F)ccc(Br)c2[nH]1. The van der Waals surface area contributed by atoms with Crippen LogP contribution in [-0.2, 0) is 0 Å². The summed E-state index contributed by atoms with van der Waals surface area (Å²) in [7, 11) is 0. The quantitative estimate of drug-likeness (QED) is 0.879. The largest absolute Gasteiger partial charge is 0.573 e. The van der Waals surface area contributed by atoms with Crippen LogP contribution in [0.3, 0.4) is 0 Å². The minimum atomic E-state index is -4.77. The van der Waals surface area contributed by atoms with Crippen molar-refractivity contribution < 1.29 is 17.9 Å². The number of aromatic amines is 1. The lowest BCUT2D eigenvalue weighted by Crippen LogP contribution is -2.17. The van der Waals surface area contributed by atoms with E-state index >= 15 is 0 Å². The van der Waals surface area contributed by atoms with Crippen LogP contribution in [0, 0.1) is 0 Å². The van der Waals surface area contributed by atoms with Gasteiger partial charge in [0.25, 0.3) is 0 Å². The predicted molar refractivity (Wildman–Crippen MR) is 59.0 cm³/mol. The zero-order valence-corrected chi connectivity index (χ0v) is 9.72. The highest BCUT2D eigenvalue weighted by Crippen LogP contribution is 2.32. The number of alkyl halides is 3. The fourth-order valence-electron chi connectivity index (χ4n) is 1.40. The summed E-state index contributed by atoms with van der Waals surface area (Å²) >= 11 is 3.14. The molecular weight excluding hydrogens is 303 g/mol. The van der Waals surface area contributed by atoms with E-state index in [-0.39, 0.29) is 16.7 Å². The highest BCUT2D eigenvalue weighted by atomic mass is 79.9. The number of rotatable bonds is 1. The molecule has 2 aromatic rings. The van der Waals surface area contributed by atoms with Crippen LogP contribution in [-0.4, -0.2) is 11.3 Å². The Morgan fingerprint density at radius 1 is 1.18 bits per heavy atom. The smallest absolute Gasteiger partial charge is 0.405 e. The van der Waals surface area contributed by atoms with Crippen LogP contribution in [0.4, 0.5) is 13.2 Å². The Labute approximate surface area is 101 Å². The van der Waals surface area contributed by atoms with Gasteiger partial charge in [-0.25, -0.2) is 0 Å². The zero-order chi connectivity index (χ0) is 12.6. The van der Waals surface area contributed by atoms with Crippen LogP contribution in [0.25, 0.3) is 10.9 Å². The second-order valence-electron chi connectivity index (χ2n) is 3.20. The number of aromatic nitrogens is 1. The number of fused-ring (bicyclic) bond motifs is 1. The van der Waals surface area contributed by atoms with Crippen LogP contribution in [0.2, 0.25) is 0 Å². The van der Waals surface area contributed by atoms with Crippen LogP contribution in [0.15, 0.2) is 33.5 Å². The first-order valence-corrected chi connectivity index (χ1v) is 5.23. The van der Waals surface area contributed by atoms with E-state index in [0.29, 0.717) is 4.47 Å². The van der Waals surface area contributed by atoms with Crippen molar-refractivity contribution >= 4 is 26.8 Å². The van der Waals surface area contributed by atoms with Crippen molar-refractivity contribution in [2.24, 2.45) is 0 Å². The number of pyridine rings is 1. The van der Waals surface area contributed by atoms with E-state index in [1.54, 1.807) is 0 Å². The van der Waals surface area contributed by atoms with Gasteiger partial charge in [0.2, 0.25) is 5.56 Å². The highest BCUT2D eigenvalue weighted by Gasteiger charge is 2.31. The number of halogens is 4. The number of H-pyrrole nitrogens is 1. The minimum Gasteiger partial charge on any atom is -0.405 e. The maximum absolute atomic E-state index is 12.1. The molecule has 0 spiro atoms. The van der Waals surface area contributed by atoms with Gasteiger partial charge >= 0.3 is 6.36 Å². The van der Waals surface area contributed by atoms with Gasteiger partial charge in [0.15, 0.2) is 0 Å². The zero-order valence-electron chi connectivity index (χ0n) is 8.14. The molecule has 1 aromatic carbocycles. The molecule has 0 aliphatic rings. The van der Waals surface area contributed by atoms with Crippen molar-refractivity contribution in [2.45, 2.75) is 6.36 Å². The summed E-state index contributed by atoms with van der Waals surface area (Å²) < 4.78 is 40.8. The molecule has 0 unspecified atom stereocenters. The first kappa shape index (κ1) is 12.0. The van der Waals surface area contributed by atoms with Crippen LogP contribution >= 0.6 is 15.9 Å². The molecule has 0 amide bonds. The third-order valence-electron chi connectivity index (χ3n) is 2.03. The molecule has 1 N–H and O–H groups in total. The lowest BCUT2D eigenvalue weighted by atomic mass is 10.2. The molecule has 0 aliphatic carbocycles. The van der Waals surface area contributed by atoms with E-state index in [0.717, 1.165) is 6.07 Å². The number of nitrogens with one attached hydrogen (secondary N) is 1. The van der Waals surface area contributed by atoms with Crippen LogP contribution in [0.1, 0.15) is 0 Å². The monoisotopic (exact) mass is 307 g/mol. The van der Waals surface area contributed by atoms with E-state index in [1.807, 2.05) is 0 Å². The molecule has 0 saturated heterocycles. The Morgan fingerprint density at radius 2 is 1.88 bits per heavy atom. The minimum absolute atomic E-state index is 0.177. The third-order valence-corrected chi connectivity index (χ3v) is 2.69. The van der Waals surface area contributed by atoms with Crippen LogP contribution in [0.5, 0.6) is 5.75 Å². The average molecular weight is 308 g/mol. The molecule has 0 bridgehead atoms. The Kier molecular flexibility index (Phi) is 2.86. The molecule has 0 atom stereocenters. The van der Waals surface area contributed by atoms with Crippen molar-refractivity contribution in [1.29, 1.82) is 0 Å². The van der Waals surface area contributed by atoms with Crippen molar-refractivity contribution in [2.75, 3.05) is 0 Å². The molecule has 7 heteroatoms. The molecule has 0 fully saturated rings. The van der Waals surface area contributed by atoms with E-state index in [2.05, 4.69) is 25.7 Å². The summed E-state index contributed by atoms with van der Waals surface area (Å²) in [5, 5.41) is 0.177. The summed E-state index contributed by atoms with van der Waals surface area (Å²) in [6.45, 7) is 0. The molecule has 2 rings (SSSR count). The van der Waals surface area contributed by atoms with E-state index in [4.69, 9.17) is 0 Å². The molecule has 0 saturated carbocycles. The second kappa shape index (κ2) is 4.06. The van der Waals surface area contributed by atoms with E-state index in [9.17, 15) is 18.0 Å². The third kappa shape index (κ3) is 2.60. The molecular formula is C10H5BrF3NO2. The fraction of sp³-hybridized carbons (Fsp3) is 0.100. The normalized spacial score (nSPS) is 11.8. The molecule has 1 aromatic heterocycles. The van der Waals surface area contributed by atoms with E-state index < -0.39 is 11.9 Å². The molecule has 3 nitrogen and oxygen atoms in total. The fourth-order valence-corrected chi connectivity index (χ4v) is 1.85. The van der Waals surface area contributed by atoms with Crippen molar-refractivity contribution in [1.82, 2.24) is 4.98 Å². The summed E-state index contributed by atoms with van der Waals surface area (Å²) in [5.74, 6) is -0.355. The highest BCUT2D eigenvalue weighted by molar-refractivity contribution is 9.10. The van der Waals surface area contributed by atoms with Crippen molar-refractivity contribution in [3.8, 4) is 5.75 Å². The lowest BCUT2D eigenvalue weighted by molar-refractivity contribution is -0.274. The van der Waals surface area contributed by atoms with Gasteiger partial charge in [0, 0.05) is 15.9 Å². The number of hydrogen-bond acceptors (Lipinski definition) is 2. The summed E-state index contributed by atoms with van der Waals surface area (Å²) in [6.07, 6.45) is -4.77. The molecule has 1 heterocycles. The maximum atomic E-state index is 12.1. The second-order valence-corrected chi connectivity index (χ2v) is 4.06. The molecule has 17 heavy (non-hydrogen) atoms. The Hall–Kier alpha value is -1.50. The summed E-state index contributed by atoms with van der Waals surface area (Å²) in [4.78, 5) is 13.5. The predicted octanol–water partition coefficient (Wildman–Crippen LogP) is 3.19. The van der Waals surface area contributed by atoms with Gasteiger partial charge in [-0.05, 0) is 34.1 Å². The number of ether oxygens (including phenoxy) is 1. The first-order chi connectivity index (χ1) is 7.87. The number of benzene rings is 1. The molecule has 90 valence electrons. The van der Waals surface area contributed by atoms with Gasteiger partial charge in [-0.3, -0.25) is 4.79 Å². The standard InChI is InChI=1S/C10H5BrF3NO2/c11-6-2-3-7(17-10(12,13)14)5-1-4-8(16)15-9(5)6/h1-4H,(H,15,16). The number of hydrogen-bond donors (Lipinski definition) is 1. The maximum Gasteiger partial charge on any atom is 0.573 e. The Balaban J connectivity index is 2.66. The van der Waals surface area contributed by atoms with Gasteiger partial charge in [-0.2, -0.15) is 0 Å². The van der Waals surface area contributed by atoms with E-state index in [1.165, 1.54) is 18.2 Å². The van der Waals surface area contributed by atoms with Crippen LogP contribution < -0.4 is 10.3 Å². The lowest BCUT2D eigenvalue weighted by Gasteiger charge is -2.11. The van der Waals surface area contributed by atoms with Crippen molar-refractivity contribution in [3.05, 3.63) is 39.1 Å². The average Bonchev–Trinajstić information content (AvgIpc) is 2.21. The van der Waals surface area contributed by atoms with Gasteiger partial charge in [0.1, 0.15) is 5.75 Å². The van der Waals surface area contributed by atoms with Gasteiger partial charge in [0.05, 0.1) is 5.52 Å². The van der Waals surface area contributed by atoms with Gasteiger partial charge < -0.3 is 9.72 Å². The Bertz CT molecular complexity index is 621. The topological polar surface area (TPSA) is 42.1 Å². The molecule has 0 aliphatic heterocycles. The molecule has 0 radical (unpaired) electrons. The summed E-state index contributed by atoms with van der Waals surface area (Å²) in [6, 6.07) is 4.97. The van der Waals surface area contributed by atoms with Crippen molar-refractivity contribution in [3.63, 3.8) is 0 Å². The van der Waals surface area contributed by atoms with Gasteiger partial charge in [-0.1, -0.05) is 0 Å².